The molecule has 3 aliphatic carbocycles. The fourth-order valence-corrected chi connectivity index (χ4v) is 10.1. The minimum Gasteiger partial charge on any atom is -0.0619 e. The van der Waals surface area contributed by atoms with Gasteiger partial charge in [-0.05, 0) is 103 Å². The lowest BCUT2D eigenvalue weighted by atomic mass is 9.66. The second kappa shape index (κ2) is 13.6. The summed E-state index contributed by atoms with van der Waals surface area (Å²) in [6.45, 7) is 0. The first-order valence-electron chi connectivity index (χ1n) is 16.3. The molecule has 206 valence electrons. The molecule has 1 heteroatoms. The van der Waals surface area contributed by atoms with Gasteiger partial charge in [-0.25, -0.2) is 0 Å². The van der Waals surface area contributed by atoms with Gasteiger partial charge in [0.2, 0.25) is 0 Å². The molecule has 0 aliphatic heterocycles. The Morgan fingerprint density at radius 1 is 0.385 bits per heavy atom. The van der Waals surface area contributed by atoms with Crippen molar-refractivity contribution >= 4 is 10.9 Å². The number of rotatable bonds is 5. The monoisotopic (exact) mass is 537 g/mol. The van der Waals surface area contributed by atoms with Crippen LogP contribution in [0.15, 0.2) is 93.5 Å². The minimum absolute atomic E-state index is 0.0589. The van der Waals surface area contributed by atoms with Crippen LogP contribution in [0, 0.1) is 11.8 Å². The summed E-state index contributed by atoms with van der Waals surface area (Å²) in [5.74, 6) is 3.53. The standard InChI is InChI=1S/C38H49S/c1-2-4-7-13-30(14-8-5-3-1)32-21-25-37(26-22-32)39(36-17-9-6-10-18-36)38-27-23-33(24-28-38)35-20-19-31-15-11-12-16-34(31)29-35/h6,9-10,17-18,21-28,30-31,34-35H,1-5,7-8,11-16,19-20,29H2/q+1. The Morgan fingerprint density at radius 3 is 1.49 bits per heavy atom. The van der Waals surface area contributed by atoms with Crippen molar-refractivity contribution in [2.75, 3.05) is 0 Å². The van der Waals surface area contributed by atoms with Gasteiger partial charge in [0.15, 0.2) is 14.7 Å². The second-order valence-corrected chi connectivity index (χ2v) is 14.8. The SMILES string of the molecule is c1ccc([S+](c2ccc(C3CCCCCCCCC3)cc2)c2ccc(C3CCC4CCCCC4C3)cc2)cc1. The van der Waals surface area contributed by atoms with Crippen molar-refractivity contribution in [1.29, 1.82) is 0 Å². The third-order valence-electron chi connectivity index (χ3n) is 10.3. The van der Waals surface area contributed by atoms with E-state index < -0.39 is 0 Å². The van der Waals surface area contributed by atoms with Crippen molar-refractivity contribution in [3.8, 4) is 0 Å². The molecule has 3 aliphatic rings. The summed E-state index contributed by atoms with van der Waals surface area (Å²) < 4.78 is 0. The lowest BCUT2D eigenvalue weighted by Crippen LogP contribution is -2.26. The number of fused-ring (bicyclic) bond motifs is 1. The van der Waals surface area contributed by atoms with Crippen LogP contribution in [0.25, 0.3) is 0 Å². The summed E-state index contributed by atoms with van der Waals surface area (Å²) in [5, 5.41) is 0. The summed E-state index contributed by atoms with van der Waals surface area (Å²) in [6, 6.07) is 31.0. The minimum atomic E-state index is -0.0589. The van der Waals surface area contributed by atoms with Crippen molar-refractivity contribution in [1.82, 2.24) is 0 Å². The van der Waals surface area contributed by atoms with Crippen molar-refractivity contribution in [2.45, 2.75) is 129 Å². The normalized spacial score (nSPS) is 25.9. The van der Waals surface area contributed by atoms with Crippen molar-refractivity contribution in [2.24, 2.45) is 11.8 Å². The van der Waals surface area contributed by atoms with E-state index in [9.17, 15) is 0 Å². The zero-order valence-corrected chi connectivity index (χ0v) is 24.9. The Bertz CT molecular complexity index is 1070. The van der Waals surface area contributed by atoms with Crippen molar-refractivity contribution in [3.63, 3.8) is 0 Å². The van der Waals surface area contributed by atoms with Crippen LogP contribution in [0.3, 0.4) is 0 Å². The number of hydrogen-bond donors (Lipinski definition) is 0. The van der Waals surface area contributed by atoms with E-state index in [2.05, 4.69) is 78.9 Å². The zero-order valence-electron chi connectivity index (χ0n) is 24.0. The molecule has 39 heavy (non-hydrogen) atoms. The molecule has 0 nitrogen and oxygen atoms in total. The van der Waals surface area contributed by atoms with Crippen LogP contribution < -0.4 is 0 Å². The lowest BCUT2D eigenvalue weighted by molar-refractivity contribution is 0.155. The van der Waals surface area contributed by atoms with E-state index in [1.54, 1.807) is 11.1 Å². The van der Waals surface area contributed by atoms with Crippen LogP contribution in [0.2, 0.25) is 0 Å². The first kappa shape index (κ1) is 27.2. The molecule has 6 rings (SSSR count). The molecule has 0 saturated heterocycles. The van der Waals surface area contributed by atoms with E-state index in [0.717, 1.165) is 23.7 Å². The van der Waals surface area contributed by atoms with Gasteiger partial charge in [-0.15, -0.1) is 0 Å². The highest BCUT2D eigenvalue weighted by molar-refractivity contribution is 7.97. The summed E-state index contributed by atoms with van der Waals surface area (Å²) in [4.78, 5) is 4.35. The van der Waals surface area contributed by atoms with Gasteiger partial charge in [-0.2, -0.15) is 0 Å². The molecule has 0 N–H and O–H groups in total. The average Bonchev–Trinajstić information content (AvgIpc) is 3.01. The molecule has 0 heterocycles. The molecule has 0 aromatic heterocycles. The molecule has 0 amide bonds. The van der Waals surface area contributed by atoms with Gasteiger partial charge in [0.1, 0.15) is 0 Å². The van der Waals surface area contributed by atoms with Crippen LogP contribution >= 0.6 is 0 Å². The van der Waals surface area contributed by atoms with Gasteiger partial charge in [0.05, 0.1) is 10.9 Å². The molecular formula is C38H49S+. The summed E-state index contributed by atoms with van der Waals surface area (Å²) in [7, 11) is -0.0589. The summed E-state index contributed by atoms with van der Waals surface area (Å²) in [6.07, 6.45) is 22.9. The second-order valence-electron chi connectivity index (χ2n) is 12.8. The van der Waals surface area contributed by atoms with Crippen LogP contribution in [-0.4, -0.2) is 0 Å². The van der Waals surface area contributed by atoms with E-state index in [0.29, 0.717) is 0 Å². The third-order valence-corrected chi connectivity index (χ3v) is 12.5. The fraction of sp³-hybridized carbons (Fsp3) is 0.526. The van der Waals surface area contributed by atoms with E-state index in [-0.39, 0.29) is 10.9 Å². The highest BCUT2D eigenvalue weighted by Gasteiger charge is 2.34. The molecule has 3 aromatic rings. The van der Waals surface area contributed by atoms with E-state index in [4.69, 9.17) is 0 Å². The topological polar surface area (TPSA) is 0 Å². The van der Waals surface area contributed by atoms with Crippen LogP contribution in [0.1, 0.15) is 126 Å². The molecule has 0 radical (unpaired) electrons. The molecule has 0 bridgehead atoms. The maximum atomic E-state index is 2.49. The average molecular weight is 538 g/mol. The van der Waals surface area contributed by atoms with Gasteiger partial charge in [-0.3, -0.25) is 0 Å². The Kier molecular flexibility index (Phi) is 9.47. The van der Waals surface area contributed by atoms with Gasteiger partial charge < -0.3 is 0 Å². The molecule has 3 fully saturated rings. The van der Waals surface area contributed by atoms with E-state index >= 15 is 0 Å². The summed E-state index contributed by atoms with van der Waals surface area (Å²) >= 11 is 0. The lowest BCUT2D eigenvalue weighted by Gasteiger charge is -2.39. The van der Waals surface area contributed by atoms with Gasteiger partial charge in [0, 0.05) is 0 Å². The first-order chi connectivity index (χ1) is 19.3. The van der Waals surface area contributed by atoms with Crippen molar-refractivity contribution in [3.05, 3.63) is 90.0 Å². The predicted molar refractivity (Wildman–Crippen MR) is 168 cm³/mol. The maximum Gasteiger partial charge on any atom is 0.166 e. The largest absolute Gasteiger partial charge is 0.166 e. The first-order valence-corrected chi connectivity index (χ1v) is 17.6. The van der Waals surface area contributed by atoms with Crippen LogP contribution in [0.5, 0.6) is 0 Å². The molecular weight excluding hydrogens is 488 g/mol. The molecule has 3 saturated carbocycles. The van der Waals surface area contributed by atoms with Crippen LogP contribution in [0.4, 0.5) is 0 Å². The van der Waals surface area contributed by atoms with E-state index in [1.165, 1.54) is 117 Å². The van der Waals surface area contributed by atoms with Crippen molar-refractivity contribution < 1.29 is 0 Å². The summed E-state index contributed by atoms with van der Waals surface area (Å²) in [5.41, 5.74) is 3.16. The molecule has 4 unspecified atom stereocenters. The Morgan fingerprint density at radius 2 is 0.872 bits per heavy atom. The molecule has 3 aromatic carbocycles. The zero-order chi connectivity index (χ0) is 26.3. The smallest absolute Gasteiger partial charge is 0.0619 e. The quantitative estimate of drug-likeness (QED) is 0.284. The molecule has 4 atom stereocenters. The highest BCUT2D eigenvalue weighted by Crippen LogP contribution is 2.46. The predicted octanol–water partition coefficient (Wildman–Crippen LogP) is 11.5. The van der Waals surface area contributed by atoms with Gasteiger partial charge in [-0.1, -0.05) is 113 Å². The maximum absolute atomic E-state index is 2.49. The number of hydrogen-bond acceptors (Lipinski definition) is 0. The van der Waals surface area contributed by atoms with Gasteiger partial charge in [0.25, 0.3) is 0 Å². The Labute approximate surface area is 241 Å². The van der Waals surface area contributed by atoms with E-state index in [1.807, 2.05) is 0 Å². The Hall–Kier alpha value is -1.99. The van der Waals surface area contributed by atoms with Crippen LogP contribution in [-0.2, 0) is 10.9 Å². The third kappa shape index (κ3) is 6.84. The van der Waals surface area contributed by atoms with Gasteiger partial charge >= 0.3 is 0 Å². The number of benzene rings is 3. The molecule has 0 spiro atoms. The fourth-order valence-electron chi connectivity index (χ4n) is 8.04. The highest BCUT2D eigenvalue weighted by atomic mass is 32.2. The Balaban J connectivity index is 1.21.